The maximum atomic E-state index is 13.3. The van der Waals surface area contributed by atoms with Gasteiger partial charge in [-0.05, 0) is 24.3 Å². The third kappa shape index (κ3) is 2.84. The third-order valence-corrected chi connectivity index (χ3v) is 4.61. The van der Waals surface area contributed by atoms with Gasteiger partial charge in [0.05, 0.1) is 28.7 Å². The molecular formula is C20H16FN5O2. The van der Waals surface area contributed by atoms with Crippen molar-refractivity contribution in [1.29, 1.82) is 0 Å². The van der Waals surface area contributed by atoms with E-state index >= 15 is 0 Å². The number of benzene rings is 2. The van der Waals surface area contributed by atoms with Crippen molar-refractivity contribution in [3.63, 3.8) is 0 Å². The first-order valence-corrected chi connectivity index (χ1v) is 8.51. The summed E-state index contributed by atoms with van der Waals surface area (Å²) in [5.74, 6) is 0.515. The monoisotopic (exact) mass is 377 g/mol. The zero-order chi connectivity index (χ0) is 19.8. The van der Waals surface area contributed by atoms with E-state index in [1.807, 2.05) is 12.1 Å². The molecule has 8 heteroatoms. The molecule has 0 unspecified atom stereocenters. The number of aromatic nitrogens is 2. The van der Waals surface area contributed by atoms with Gasteiger partial charge in [0, 0.05) is 14.1 Å². The van der Waals surface area contributed by atoms with Crippen LogP contribution in [0.15, 0.2) is 54.7 Å². The van der Waals surface area contributed by atoms with Crippen molar-refractivity contribution >= 4 is 40.8 Å². The fourth-order valence-corrected chi connectivity index (χ4v) is 3.15. The topological polar surface area (TPSA) is 78.4 Å². The Morgan fingerprint density at radius 3 is 2.50 bits per heavy atom. The zero-order valence-corrected chi connectivity index (χ0v) is 15.2. The Balaban J connectivity index is 1.79. The van der Waals surface area contributed by atoms with Gasteiger partial charge >= 0.3 is 6.04 Å². The van der Waals surface area contributed by atoms with Crippen LogP contribution in [0.4, 0.5) is 33.2 Å². The van der Waals surface area contributed by atoms with E-state index in [0.29, 0.717) is 22.8 Å². The molecule has 140 valence electrons. The lowest BCUT2D eigenvalue weighted by Crippen LogP contribution is -2.25. The predicted octanol–water partition coefficient (Wildman–Crippen LogP) is 3.69. The van der Waals surface area contributed by atoms with Crippen LogP contribution in [0.3, 0.4) is 0 Å². The second-order valence-corrected chi connectivity index (χ2v) is 6.29. The predicted molar refractivity (Wildman–Crippen MR) is 104 cm³/mol. The minimum atomic E-state index is -1.55. The lowest BCUT2D eigenvalue weighted by atomic mass is 10.1. The Morgan fingerprint density at radius 2 is 1.71 bits per heavy atom. The van der Waals surface area contributed by atoms with Gasteiger partial charge < -0.3 is 15.1 Å². The number of carbonyl (C=O) groups is 2. The first kappa shape index (κ1) is 17.6. The van der Waals surface area contributed by atoms with Crippen molar-refractivity contribution in [3.05, 3.63) is 65.9 Å². The summed E-state index contributed by atoms with van der Waals surface area (Å²) in [6.45, 7) is 0. The molecule has 1 N–H and O–H groups in total. The molecule has 0 aliphatic carbocycles. The molecular weight excluding hydrogens is 361 g/mol. The van der Waals surface area contributed by atoms with Crippen molar-refractivity contribution in [2.24, 2.45) is 0 Å². The average Bonchev–Trinajstić information content (AvgIpc) is 2.79. The highest BCUT2D eigenvalue weighted by Gasteiger charge is 2.28. The molecule has 0 spiro atoms. The van der Waals surface area contributed by atoms with Gasteiger partial charge in [0.25, 0.3) is 5.91 Å². The maximum absolute atomic E-state index is 13.3. The van der Waals surface area contributed by atoms with Crippen LogP contribution >= 0.6 is 0 Å². The van der Waals surface area contributed by atoms with Crippen LogP contribution < -0.4 is 15.1 Å². The van der Waals surface area contributed by atoms with Crippen LogP contribution in [0, 0.1) is 0 Å². The van der Waals surface area contributed by atoms with Gasteiger partial charge in [-0.1, -0.05) is 24.3 Å². The number of anilines is 5. The molecule has 28 heavy (non-hydrogen) atoms. The van der Waals surface area contributed by atoms with E-state index in [0.717, 1.165) is 0 Å². The van der Waals surface area contributed by atoms with Crippen LogP contribution in [0.2, 0.25) is 0 Å². The number of para-hydroxylation sites is 2. The summed E-state index contributed by atoms with van der Waals surface area (Å²) in [4.78, 5) is 36.0. The summed E-state index contributed by atoms with van der Waals surface area (Å²) in [6, 6.07) is 11.9. The highest BCUT2D eigenvalue weighted by Crippen LogP contribution is 2.38. The van der Waals surface area contributed by atoms with Crippen LogP contribution in [0.5, 0.6) is 0 Å². The van der Waals surface area contributed by atoms with Crippen LogP contribution in [-0.4, -0.2) is 36.0 Å². The summed E-state index contributed by atoms with van der Waals surface area (Å²) in [7, 11) is 3.46. The van der Waals surface area contributed by atoms with E-state index in [4.69, 9.17) is 0 Å². The third-order valence-electron chi connectivity index (χ3n) is 4.61. The maximum Gasteiger partial charge on any atom is 0.334 e. The molecule has 1 aliphatic rings. The number of amides is 1. The Hall–Kier alpha value is -3.81. The Morgan fingerprint density at radius 1 is 1.00 bits per heavy atom. The Kier molecular flexibility index (Phi) is 4.23. The summed E-state index contributed by atoms with van der Waals surface area (Å²) >= 11 is 0. The normalized spacial score (nSPS) is 12.9. The largest absolute Gasteiger partial charge is 0.334 e. The van der Waals surface area contributed by atoms with E-state index in [9.17, 15) is 14.0 Å². The molecule has 0 fully saturated rings. The van der Waals surface area contributed by atoms with E-state index < -0.39 is 6.04 Å². The molecule has 3 aromatic rings. The van der Waals surface area contributed by atoms with Crippen molar-refractivity contribution in [2.75, 3.05) is 29.2 Å². The van der Waals surface area contributed by atoms with Crippen molar-refractivity contribution in [2.45, 2.75) is 0 Å². The van der Waals surface area contributed by atoms with Crippen molar-refractivity contribution in [1.82, 2.24) is 9.97 Å². The molecule has 0 bridgehead atoms. The number of halogens is 1. The molecule has 4 rings (SSSR count). The number of fused-ring (bicyclic) bond motifs is 2. The fraction of sp³-hybridized carbons (Fsp3) is 0.100. The average molecular weight is 377 g/mol. The van der Waals surface area contributed by atoms with E-state index in [-0.39, 0.29) is 23.1 Å². The first-order valence-electron chi connectivity index (χ1n) is 8.51. The minimum Gasteiger partial charge on any atom is -0.327 e. The van der Waals surface area contributed by atoms with Gasteiger partial charge in [0.1, 0.15) is 5.69 Å². The van der Waals surface area contributed by atoms with Crippen LogP contribution in [-0.2, 0) is 0 Å². The van der Waals surface area contributed by atoms with Crippen molar-refractivity contribution < 1.29 is 14.0 Å². The van der Waals surface area contributed by atoms with E-state index in [2.05, 4.69) is 15.3 Å². The lowest BCUT2D eigenvalue weighted by molar-refractivity contribution is 0.0836. The second kappa shape index (κ2) is 6.73. The second-order valence-electron chi connectivity index (χ2n) is 6.29. The zero-order valence-electron chi connectivity index (χ0n) is 15.2. The molecule has 7 nitrogen and oxygen atoms in total. The number of rotatable bonds is 3. The SMILES string of the molecule is CN1C(=O)c2ccccc2N(C)c2nc(Nc3ccccc3C(=O)F)ncc21. The van der Waals surface area contributed by atoms with Gasteiger partial charge in [0.2, 0.25) is 5.95 Å². The number of carbonyl (C=O) groups excluding carboxylic acids is 2. The molecule has 1 aromatic heterocycles. The van der Waals surface area contributed by atoms with E-state index in [1.54, 1.807) is 49.3 Å². The van der Waals surface area contributed by atoms with E-state index in [1.165, 1.54) is 17.2 Å². The van der Waals surface area contributed by atoms with Gasteiger partial charge in [-0.2, -0.15) is 9.37 Å². The lowest BCUT2D eigenvalue weighted by Gasteiger charge is -2.21. The minimum absolute atomic E-state index is 0.105. The fourth-order valence-electron chi connectivity index (χ4n) is 3.15. The van der Waals surface area contributed by atoms with Gasteiger partial charge in [-0.3, -0.25) is 9.59 Å². The van der Waals surface area contributed by atoms with Crippen molar-refractivity contribution in [3.8, 4) is 0 Å². The standard InChI is InChI=1S/C20H16FN5O2/c1-25-15-10-6-4-8-13(15)19(28)26(2)16-11-22-20(24-18(16)25)23-14-9-5-3-7-12(14)17(21)27/h3-11H,1-2H3,(H,22,23,24). The van der Waals surface area contributed by atoms with Gasteiger partial charge in [0.15, 0.2) is 5.82 Å². The Bertz CT molecular complexity index is 1100. The molecule has 2 heterocycles. The highest BCUT2D eigenvalue weighted by molar-refractivity contribution is 6.13. The van der Waals surface area contributed by atoms with Gasteiger partial charge in [-0.15, -0.1) is 0 Å². The summed E-state index contributed by atoms with van der Waals surface area (Å²) in [5.41, 5.74) is 1.95. The summed E-state index contributed by atoms with van der Waals surface area (Å²) < 4.78 is 13.3. The number of nitrogens with one attached hydrogen (secondary N) is 1. The molecule has 0 radical (unpaired) electrons. The summed E-state index contributed by atoms with van der Waals surface area (Å²) in [6.07, 6.45) is 1.52. The summed E-state index contributed by atoms with van der Waals surface area (Å²) in [5, 5.41) is 2.88. The highest BCUT2D eigenvalue weighted by atomic mass is 19.1. The van der Waals surface area contributed by atoms with Crippen LogP contribution in [0.1, 0.15) is 20.7 Å². The molecule has 0 saturated carbocycles. The quantitative estimate of drug-likeness (QED) is 0.702. The van der Waals surface area contributed by atoms with Crippen LogP contribution in [0.25, 0.3) is 0 Å². The molecule has 1 aliphatic heterocycles. The number of nitrogens with zero attached hydrogens (tertiary/aromatic N) is 4. The molecule has 2 aromatic carbocycles. The smallest absolute Gasteiger partial charge is 0.327 e. The number of hydrogen-bond acceptors (Lipinski definition) is 6. The first-order chi connectivity index (χ1) is 13.5. The molecule has 0 saturated heterocycles. The molecule has 0 atom stereocenters. The Labute approximate surface area is 160 Å². The molecule has 1 amide bonds. The van der Waals surface area contributed by atoms with Gasteiger partial charge in [-0.25, -0.2) is 4.98 Å². The number of hydrogen-bond donors (Lipinski definition) is 1.